The van der Waals surface area contributed by atoms with Gasteiger partial charge in [-0.1, -0.05) is 47.5 Å². The number of pyridine rings is 1. The summed E-state index contributed by atoms with van der Waals surface area (Å²) in [6.07, 6.45) is 1.97. The van der Waals surface area contributed by atoms with Crippen molar-refractivity contribution in [2.24, 2.45) is 23.7 Å². The number of hydrogen-bond donors (Lipinski definition) is 0. The van der Waals surface area contributed by atoms with E-state index in [1.807, 2.05) is 0 Å². The zero-order valence-corrected chi connectivity index (χ0v) is 24.6. The second-order valence-electron chi connectivity index (χ2n) is 11.6. The molecule has 216 valence electrons. The molecule has 2 heterocycles. The number of ketones is 1. The van der Waals surface area contributed by atoms with Crippen molar-refractivity contribution in [3.05, 3.63) is 94.0 Å². The van der Waals surface area contributed by atoms with Crippen molar-refractivity contribution >= 4 is 63.4 Å². The summed E-state index contributed by atoms with van der Waals surface area (Å²) >= 11 is 12.4. The third-order valence-corrected chi connectivity index (χ3v) is 9.70. The summed E-state index contributed by atoms with van der Waals surface area (Å²) in [5.74, 6) is -1.03. The molecule has 3 aliphatic rings. The number of hydrogen-bond acceptors (Lipinski definition) is 6. The van der Waals surface area contributed by atoms with E-state index in [0.29, 0.717) is 55.3 Å². The number of nitrogens with zero attached hydrogens (tertiary/aromatic N) is 2. The van der Waals surface area contributed by atoms with Gasteiger partial charge in [-0.05, 0) is 86.6 Å². The van der Waals surface area contributed by atoms with Crippen LogP contribution in [0.1, 0.15) is 46.9 Å². The zero-order valence-electron chi connectivity index (χ0n) is 23.1. The zero-order chi connectivity index (χ0) is 30.0. The van der Waals surface area contributed by atoms with Gasteiger partial charge in [0.05, 0.1) is 39.3 Å². The minimum absolute atomic E-state index is 0.0992. The Morgan fingerprint density at radius 1 is 0.907 bits per heavy atom. The third-order valence-electron chi connectivity index (χ3n) is 9.14. The number of para-hydroxylation sites is 1. The van der Waals surface area contributed by atoms with Crippen LogP contribution in [0.2, 0.25) is 10.0 Å². The monoisotopic (exact) mass is 612 g/mol. The van der Waals surface area contributed by atoms with Crippen molar-refractivity contribution in [3.8, 4) is 11.3 Å². The van der Waals surface area contributed by atoms with Gasteiger partial charge in [0.15, 0.2) is 6.10 Å². The van der Waals surface area contributed by atoms with Crippen molar-refractivity contribution in [1.29, 1.82) is 0 Å². The third kappa shape index (κ3) is 4.62. The normalized spacial score (nSPS) is 23.1. The highest BCUT2D eigenvalue weighted by atomic mass is 35.5. The molecule has 3 fully saturated rings. The van der Waals surface area contributed by atoms with Crippen molar-refractivity contribution in [2.45, 2.75) is 32.3 Å². The van der Waals surface area contributed by atoms with E-state index in [-0.39, 0.29) is 35.0 Å². The van der Waals surface area contributed by atoms with Crippen molar-refractivity contribution in [3.63, 3.8) is 0 Å². The minimum atomic E-state index is -1.05. The van der Waals surface area contributed by atoms with Crippen LogP contribution in [0.25, 0.3) is 22.2 Å². The van der Waals surface area contributed by atoms with Gasteiger partial charge in [0.2, 0.25) is 17.6 Å². The number of imide groups is 1. The van der Waals surface area contributed by atoms with Gasteiger partial charge in [-0.15, -0.1) is 0 Å². The Morgan fingerprint density at radius 2 is 1.56 bits per heavy atom. The fourth-order valence-electron chi connectivity index (χ4n) is 7.10. The van der Waals surface area contributed by atoms with E-state index in [1.54, 1.807) is 72.8 Å². The first-order chi connectivity index (χ1) is 20.7. The smallest absolute Gasteiger partial charge is 0.339 e. The molecule has 5 unspecified atom stereocenters. The number of anilines is 1. The number of carbonyl (C=O) groups excluding carboxylic acids is 4. The number of ether oxygens (including phenoxy) is 1. The summed E-state index contributed by atoms with van der Waals surface area (Å²) in [6.45, 7) is 1.52. The number of halogens is 2. The Labute approximate surface area is 257 Å². The lowest BCUT2D eigenvalue weighted by Crippen LogP contribution is -2.32. The Balaban J connectivity index is 1.18. The van der Waals surface area contributed by atoms with Gasteiger partial charge in [0.25, 0.3) is 0 Å². The first-order valence-electron chi connectivity index (χ1n) is 14.3. The van der Waals surface area contributed by atoms with Gasteiger partial charge in [-0.2, -0.15) is 0 Å². The quantitative estimate of drug-likeness (QED) is 0.130. The summed E-state index contributed by atoms with van der Waals surface area (Å²) in [5.41, 5.74) is 2.62. The predicted molar refractivity (Wildman–Crippen MR) is 163 cm³/mol. The molecule has 7 rings (SSSR count). The van der Waals surface area contributed by atoms with Crippen LogP contribution >= 0.6 is 23.2 Å². The van der Waals surface area contributed by atoms with E-state index in [4.69, 9.17) is 32.9 Å². The lowest BCUT2D eigenvalue weighted by Gasteiger charge is -2.19. The lowest BCUT2D eigenvalue weighted by atomic mass is 9.81. The van der Waals surface area contributed by atoms with Gasteiger partial charge in [0.1, 0.15) is 0 Å². The van der Waals surface area contributed by atoms with Crippen LogP contribution < -0.4 is 4.90 Å². The second-order valence-corrected chi connectivity index (χ2v) is 12.4. The Kier molecular flexibility index (Phi) is 6.83. The number of aromatic nitrogens is 1. The number of esters is 1. The van der Waals surface area contributed by atoms with Crippen LogP contribution in [0, 0.1) is 23.7 Å². The van der Waals surface area contributed by atoms with Crippen LogP contribution in [0.5, 0.6) is 0 Å². The maximum atomic E-state index is 13.5. The molecule has 4 aromatic rings. The van der Waals surface area contributed by atoms with Crippen molar-refractivity contribution < 1.29 is 23.9 Å². The highest BCUT2D eigenvalue weighted by molar-refractivity contribution is 6.35. The van der Waals surface area contributed by atoms with Crippen LogP contribution in [0.3, 0.4) is 0 Å². The molecule has 0 N–H and O–H groups in total. The van der Waals surface area contributed by atoms with Gasteiger partial charge >= 0.3 is 5.97 Å². The molecule has 0 radical (unpaired) electrons. The lowest BCUT2D eigenvalue weighted by molar-refractivity contribution is -0.123. The number of fused-ring (bicyclic) bond motifs is 6. The predicted octanol–water partition coefficient (Wildman–Crippen LogP) is 7.17. The van der Waals surface area contributed by atoms with E-state index in [9.17, 15) is 19.2 Å². The van der Waals surface area contributed by atoms with E-state index < -0.39 is 12.1 Å². The largest absolute Gasteiger partial charge is 0.451 e. The van der Waals surface area contributed by atoms with Crippen molar-refractivity contribution in [1.82, 2.24) is 4.98 Å². The van der Waals surface area contributed by atoms with Crippen molar-refractivity contribution in [2.75, 3.05) is 4.90 Å². The SMILES string of the molecule is CC(OC(=O)c1cc(-c2ccc(N3C(=O)C4C5CCC(C5)C4C3=O)cc2)nc2c(Cl)cccc12)C(=O)c1ccc(Cl)cc1. The first-order valence-corrected chi connectivity index (χ1v) is 15.0. The molecule has 0 spiro atoms. The molecule has 43 heavy (non-hydrogen) atoms. The summed E-state index contributed by atoms with van der Waals surface area (Å²) in [6, 6.07) is 20.1. The number of amides is 2. The minimum Gasteiger partial charge on any atom is -0.451 e. The average molecular weight is 613 g/mol. The summed E-state index contributed by atoms with van der Waals surface area (Å²) in [4.78, 5) is 59.0. The molecule has 2 saturated carbocycles. The summed E-state index contributed by atoms with van der Waals surface area (Å²) < 4.78 is 5.62. The Hall–Kier alpha value is -4.07. The molecular weight excluding hydrogens is 587 g/mol. The molecular formula is C34H26Cl2N2O5. The Morgan fingerprint density at radius 3 is 2.21 bits per heavy atom. The Bertz CT molecular complexity index is 1790. The molecule has 1 aliphatic heterocycles. The van der Waals surface area contributed by atoms with Crippen LogP contribution in [0.15, 0.2) is 72.8 Å². The molecule has 3 aromatic carbocycles. The first kappa shape index (κ1) is 27.7. The van der Waals surface area contributed by atoms with Crippen LogP contribution in [-0.4, -0.2) is 34.7 Å². The summed E-state index contributed by atoms with van der Waals surface area (Å²) in [5, 5.41) is 1.33. The van der Waals surface area contributed by atoms with Gasteiger partial charge in [-0.3, -0.25) is 19.3 Å². The fraction of sp³-hybridized carbons (Fsp3) is 0.265. The second kappa shape index (κ2) is 10.6. The molecule has 2 amide bonds. The number of Topliss-reactive ketones (excluding diaryl/α,β-unsaturated/α-hetero) is 1. The molecule has 2 bridgehead atoms. The van der Waals surface area contributed by atoms with Gasteiger partial charge < -0.3 is 4.74 Å². The molecule has 1 saturated heterocycles. The van der Waals surface area contributed by atoms with Crippen LogP contribution in [-0.2, 0) is 14.3 Å². The average Bonchev–Trinajstić information content (AvgIpc) is 3.70. The standard InChI is InChI=1S/C34H26Cl2N2O5/c1-17(31(39)19-7-11-22(35)12-8-19)43-34(42)25-16-27(37-30-24(25)3-2-4-26(30)36)18-9-13-23(14-10-18)38-32(40)28-20-5-6-21(15-20)29(28)33(38)41/h2-4,7-14,16-17,20-21,28-29H,5-6,15H2,1H3. The van der Waals surface area contributed by atoms with E-state index in [0.717, 1.165) is 19.3 Å². The van der Waals surface area contributed by atoms with E-state index in [2.05, 4.69) is 0 Å². The number of rotatable bonds is 6. The molecule has 2 aliphatic carbocycles. The van der Waals surface area contributed by atoms with Gasteiger partial charge in [0, 0.05) is 21.5 Å². The highest BCUT2D eigenvalue weighted by Crippen LogP contribution is 2.56. The number of benzene rings is 3. The molecule has 5 atom stereocenters. The fourth-order valence-corrected chi connectivity index (χ4v) is 7.44. The van der Waals surface area contributed by atoms with E-state index in [1.165, 1.54) is 11.8 Å². The highest BCUT2D eigenvalue weighted by Gasteiger charge is 2.61. The molecule has 1 aromatic heterocycles. The summed E-state index contributed by atoms with van der Waals surface area (Å²) in [7, 11) is 0. The van der Waals surface area contributed by atoms with Crippen LogP contribution in [0.4, 0.5) is 5.69 Å². The molecule has 9 heteroatoms. The number of carbonyl (C=O) groups is 4. The van der Waals surface area contributed by atoms with E-state index >= 15 is 0 Å². The van der Waals surface area contributed by atoms with Gasteiger partial charge in [-0.25, -0.2) is 9.78 Å². The topological polar surface area (TPSA) is 93.6 Å². The maximum absolute atomic E-state index is 13.5. The molecule has 7 nitrogen and oxygen atoms in total. The maximum Gasteiger partial charge on any atom is 0.339 e.